The van der Waals surface area contributed by atoms with Crippen molar-refractivity contribution in [2.75, 3.05) is 18.8 Å². The van der Waals surface area contributed by atoms with E-state index in [0.717, 1.165) is 25.3 Å². The van der Waals surface area contributed by atoms with Crippen molar-refractivity contribution in [3.05, 3.63) is 0 Å². The predicted octanol–water partition coefficient (Wildman–Crippen LogP) is 1.84. The van der Waals surface area contributed by atoms with E-state index in [1.165, 1.54) is 0 Å². The highest BCUT2D eigenvalue weighted by atomic mass is 32.1. The van der Waals surface area contributed by atoms with Crippen LogP contribution in [0.25, 0.3) is 0 Å². The molecule has 0 heterocycles. The Labute approximate surface area is 79.0 Å². The van der Waals surface area contributed by atoms with Crippen LogP contribution in [0.3, 0.4) is 0 Å². The molecular weight excluding hydrogens is 182 g/mol. The first-order valence-corrected chi connectivity index (χ1v) is 4.80. The quantitative estimate of drug-likeness (QED) is 0.520. The van der Waals surface area contributed by atoms with E-state index in [0.29, 0.717) is 4.32 Å². The van der Waals surface area contributed by atoms with Gasteiger partial charge in [0.2, 0.25) is 0 Å². The van der Waals surface area contributed by atoms with Crippen LogP contribution < -0.4 is 0 Å². The van der Waals surface area contributed by atoms with Gasteiger partial charge in [-0.25, -0.2) is 0 Å². The fourth-order valence-electron chi connectivity index (χ4n) is 0.651. The van der Waals surface area contributed by atoms with Crippen LogP contribution in [0.4, 0.5) is 0 Å². The standard InChI is InChI=1S/C6H13NS3/c1-2-7(6(9)10)4-3-5-8/h8H,2-5H2,1H3,(H,9,10). The van der Waals surface area contributed by atoms with Crippen LogP contribution >= 0.6 is 37.5 Å². The topological polar surface area (TPSA) is 3.24 Å². The lowest BCUT2D eigenvalue weighted by molar-refractivity contribution is 0.456. The minimum atomic E-state index is 0.685. The van der Waals surface area contributed by atoms with Gasteiger partial charge in [-0.05, 0) is 19.1 Å². The second-order valence-corrected chi connectivity index (χ2v) is 3.50. The number of thiocarbonyl (C=S) groups is 1. The van der Waals surface area contributed by atoms with E-state index in [-0.39, 0.29) is 0 Å². The molecule has 1 nitrogen and oxygen atoms in total. The first-order valence-electron chi connectivity index (χ1n) is 3.31. The normalized spacial score (nSPS) is 9.50. The average molecular weight is 195 g/mol. The van der Waals surface area contributed by atoms with Crippen molar-refractivity contribution < 1.29 is 0 Å². The lowest BCUT2D eigenvalue weighted by atomic mass is 10.4. The number of nitrogens with zero attached hydrogens (tertiary/aromatic N) is 1. The zero-order valence-electron chi connectivity index (χ0n) is 6.08. The van der Waals surface area contributed by atoms with Crippen molar-refractivity contribution in [3.8, 4) is 0 Å². The third-order valence-corrected chi connectivity index (χ3v) is 2.10. The zero-order valence-corrected chi connectivity index (χ0v) is 8.68. The van der Waals surface area contributed by atoms with Gasteiger partial charge in [-0.3, -0.25) is 0 Å². The first-order chi connectivity index (χ1) is 4.72. The van der Waals surface area contributed by atoms with E-state index >= 15 is 0 Å². The third kappa shape index (κ3) is 4.41. The zero-order chi connectivity index (χ0) is 7.98. The van der Waals surface area contributed by atoms with Crippen LogP contribution in [0.5, 0.6) is 0 Å². The van der Waals surface area contributed by atoms with Gasteiger partial charge in [0.05, 0.1) is 0 Å². The fraction of sp³-hybridized carbons (Fsp3) is 0.833. The molecule has 0 N–H and O–H groups in total. The molecule has 0 aliphatic rings. The lowest BCUT2D eigenvalue weighted by Crippen LogP contribution is -2.26. The van der Waals surface area contributed by atoms with Gasteiger partial charge >= 0.3 is 0 Å². The largest absolute Gasteiger partial charge is 0.358 e. The molecular formula is C6H13NS3. The highest BCUT2D eigenvalue weighted by Crippen LogP contribution is 1.98. The molecule has 0 unspecified atom stereocenters. The predicted molar refractivity (Wildman–Crippen MR) is 57.3 cm³/mol. The Hall–Kier alpha value is 0.590. The molecule has 4 heteroatoms. The van der Waals surface area contributed by atoms with E-state index in [4.69, 9.17) is 12.2 Å². The molecule has 0 fully saturated rings. The molecule has 0 rings (SSSR count). The van der Waals surface area contributed by atoms with Gasteiger partial charge in [-0.1, -0.05) is 12.2 Å². The maximum absolute atomic E-state index is 4.89. The van der Waals surface area contributed by atoms with Crippen LogP contribution in [-0.4, -0.2) is 28.1 Å². The van der Waals surface area contributed by atoms with E-state index in [2.05, 4.69) is 37.1 Å². The summed E-state index contributed by atoms with van der Waals surface area (Å²) in [7, 11) is 0. The summed E-state index contributed by atoms with van der Waals surface area (Å²) in [5.41, 5.74) is 0. The number of hydrogen-bond donors (Lipinski definition) is 2. The van der Waals surface area contributed by atoms with Gasteiger partial charge in [0, 0.05) is 13.1 Å². The molecule has 0 aliphatic heterocycles. The van der Waals surface area contributed by atoms with Gasteiger partial charge < -0.3 is 4.90 Å². The molecule has 10 heavy (non-hydrogen) atoms. The van der Waals surface area contributed by atoms with Gasteiger partial charge in [-0.15, -0.1) is 12.6 Å². The molecule has 0 bridgehead atoms. The summed E-state index contributed by atoms with van der Waals surface area (Å²) in [5, 5.41) is 0. The molecule has 0 saturated carbocycles. The molecule has 0 aromatic rings. The summed E-state index contributed by atoms with van der Waals surface area (Å²) in [5.74, 6) is 0.910. The first kappa shape index (κ1) is 10.6. The third-order valence-electron chi connectivity index (χ3n) is 1.24. The summed E-state index contributed by atoms with van der Waals surface area (Å²) in [6, 6.07) is 0. The average Bonchev–Trinajstić information content (AvgIpc) is 1.89. The monoisotopic (exact) mass is 195 g/mol. The Bertz CT molecular complexity index is 105. The Morgan fingerprint density at radius 1 is 1.60 bits per heavy atom. The van der Waals surface area contributed by atoms with Crippen molar-refractivity contribution in [2.45, 2.75) is 13.3 Å². The molecule has 0 aromatic carbocycles. The fourth-order valence-corrected chi connectivity index (χ4v) is 1.25. The minimum absolute atomic E-state index is 0.685. The van der Waals surface area contributed by atoms with Gasteiger partial charge in [0.1, 0.15) is 4.32 Å². The molecule has 0 radical (unpaired) electrons. The van der Waals surface area contributed by atoms with E-state index in [1.807, 2.05) is 0 Å². The minimum Gasteiger partial charge on any atom is -0.358 e. The second kappa shape index (κ2) is 6.31. The second-order valence-electron chi connectivity index (χ2n) is 1.94. The van der Waals surface area contributed by atoms with Crippen LogP contribution in [0.15, 0.2) is 0 Å². The van der Waals surface area contributed by atoms with Crippen molar-refractivity contribution in [1.29, 1.82) is 0 Å². The summed E-state index contributed by atoms with van der Waals surface area (Å²) in [4.78, 5) is 2.05. The van der Waals surface area contributed by atoms with Crippen LogP contribution in [-0.2, 0) is 0 Å². The molecule has 0 atom stereocenters. The maximum atomic E-state index is 4.89. The number of thiol groups is 2. The number of hydrogen-bond acceptors (Lipinski definition) is 2. The van der Waals surface area contributed by atoms with E-state index < -0.39 is 0 Å². The molecule has 0 aromatic heterocycles. The molecule has 0 spiro atoms. The van der Waals surface area contributed by atoms with Crippen LogP contribution in [0, 0.1) is 0 Å². The summed E-state index contributed by atoms with van der Waals surface area (Å²) >= 11 is 13.1. The van der Waals surface area contributed by atoms with Gasteiger partial charge in [0.25, 0.3) is 0 Å². The lowest BCUT2D eigenvalue weighted by Gasteiger charge is -2.19. The van der Waals surface area contributed by atoms with Gasteiger partial charge in [-0.2, -0.15) is 12.6 Å². The summed E-state index contributed by atoms with van der Waals surface area (Å²) in [6.45, 7) is 3.99. The van der Waals surface area contributed by atoms with Crippen molar-refractivity contribution >= 4 is 41.8 Å². The van der Waals surface area contributed by atoms with Crippen molar-refractivity contribution in [1.82, 2.24) is 4.90 Å². The Morgan fingerprint density at radius 2 is 2.20 bits per heavy atom. The van der Waals surface area contributed by atoms with Crippen LogP contribution in [0.2, 0.25) is 0 Å². The summed E-state index contributed by atoms with van der Waals surface area (Å²) < 4.78 is 0.685. The van der Waals surface area contributed by atoms with Gasteiger partial charge in [0.15, 0.2) is 0 Å². The SMILES string of the molecule is CCN(CCCS)C(=S)S. The Morgan fingerprint density at radius 3 is 2.50 bits per heavy atom. The molecule has 0 amide bonds. The van der Waals surface area contributed by atoms with Crippen molar-refractivity contribution in [3.63, 3.8) is 0 Å². The summed E-state index contributed by atoms with van der Waals surface area (Å²) in [6.07, 6.45) is 1.07. The highest BCUT2D eigenvalue weighted by molar-refractivity contribution is 8.10. The van der Waals surface area contributed by atoms with Crippen molar-refractivity contribution in [2.24, 2.45) is 0 Å². The highest BCUT2D eigenvalue weighted by Gasteiger charge is 2.00. The van der Waals surface area contributed by atoms with Crippen LogP contribution in [0.1, 0.15) is 13.3 Å². The molecule has 60 valence electrons. The molecule has 0 saturated heterocycles. The van der Waals surface area contributed by atoms with E-state index in [9.17, 15) is 0 Å². The number of rotatable bonds is 4. The maximum Gasteiger partial charge on any atom is 0.133 e. The molecule has 0 aliphatic carbocycles. The van der Waals surface area contributed by atoms with E-state index in [1.54, 1.807) is 0 Å². The Balaban J connectivity index is 3.50. The Kier molecular flexibility index (Phi) is 6.68. The smallest absolute Gasteiger partial charge is 0.133 e.